The van der Waals surface area contributed by atoms with Crippen LogP contribution in [0.4, 0.5) is 0 Å². The second-order valence-corrected chi connectivity index (χ2v) is 0.598. The number of rotatable bonds is 2. The van der Waals surface area contributed by atoms with E-state index in [0.717, 1.165) is 0 Å². The number of hydrogen-bond acceptors (Lipinski definition) is 2. The first-order valence-electron chi connectivity index (χ1n) is 3.74. The average Bonchev–Trinajstić information content (AvgIpc) is 1.56. The van der Waals surface area contributed by atoms with Gasteiger partial charge in [0.25, 0.3) is 5.95 Å². The lowest BCUT2D eigenvalue weighted by Gasteiger charge is -1.93. The molecule has 0 aliphatic rings. The van der Waals surface area contributed by atoms with Crippen molar-refractivity contribution in [3.63, 3.8) is 0 Å². The first-order valence-corrected chi connectivity index (χ1v) is 1.24. The maximum atomic E-state index is 8.34. The molecular weight excluding hydrogens is 80.0 g/mol. The SMILES string of the molecule is [2H]C([2H])([2H])C([2H])([2H])OC(=C)O. The molecule has 6 heavy (non-hydrogen) atoms. The lowest BCUT2D eigenvalue weighted by molar-refractivity contribution is 0.105. The van der Waals surface area contributed by atoms with E-state index in [1.807, 2.05) is 0 Å². The molecule has 0 amide bonds. The molecular formula is C4H8O2. The first-order chi connectivity index (χ1) is 4.67. The number of ether oxygens (including phenoxy) is 1. The van der Waals surface area contributed by atoms with E-state index in [0.29, 0.717) is 0 Å². The highest BCUT2D eigenvalue weighted by Gasteiger charge is 1.76. The summed E-state index contributed by atoms with van der Waals surface area (Å²) in [4.78, 5) is 0. The van der Waals surface area contributed by atoms with Gasteiger partial charge in [-0.1, -0.05) is 0 Å². The molecule has 0 bridgehead atoms. The third-order valence-corrected chi connectivity index (χ3v) is 0.169. The van der Waals surface area contributed by atoms with Gasteiger partial charge in [0.05, 0.1) is 9.30 Å². The van der Waals surface area contributed by atoms with Crippen molar-refractivity contribution in [1.82, 2.24) is 0 Å². The molecule has 0 aromatic rings. The smallest absolute Gasteiger partial charge is 0.268 e. The van der Waals surface area contributed by atoms with Crippen LogP contribution in [0.3, 0.4) is 0 Å². The molecule has 0 saturated carbocycles. The fraction of sp³-hybridized carbons (Fsp3) is 0.500. The van der Waals surface area contributed by atoms with Crippen molar-refractivity contribution >= 4 is 0 Å². The van der Waals surface area contributed by atoms with Crippen molar-refractivity contribution in [2.24, 2.45) is 0 Å². The maximum absolute atomic E-state index is 8.34. The first kappa shape index (κ1) is 1.15. The average molecular weight is 93.1 g/mol. The van der Waals surface area contributed by atoms with Gasteiger partial charge < -0.3 is 9.84 Å². The Morgan fingerprint density at radius 2 is 3.17 bits per heavy atom. The summed E-state index contributed by atoms with van der Waals surface area (Å²) in [5.41, 5.74) is 0. The van der Waals surface area contributed by atoms with Crippen LogP contribution in [0, 0.1) is 0 Å². The highest BCUT2D eigenvalue weighted by Crippen LogP contribution is 1.80. The van der Waals surface area contributed by atoms with Crippen LogP contribution in [-0.4, -0.2) is 11.7 Å². The Kier molecular flexibility index (Phi) is 0.494. The van der Waals surface area contributed by atoms with Gasteiger partial charge in [-0.15, -0.1) is 0 Å². The van der Waals surface area contributed by atoms with E-state index in [2.05, 4.69) is 11.3 Å². The number of aliphatic hydroxyl groups excluding tert-OH is 1. The second-order valence-electron chi connectivity index (χ2n) is 0.598. The van der Waals surface area contributed by atoms with Crippen molar-refractivity contribution in [3.8, 4) is 0 Å². The minimum absolute atomic E-state index is 0.953. The van der Waals surface area contributed by atoms with Crippen LogP contribution >= 0.6 is 0 Å². The summed E-state index contributed by atoms with van der Waals surface area (Å²) in [7, 11) is 0. The molecule has 0 aliphatic carbocycles. The third kappa shape index (κ3) is 3.34. The summed E-state index contributed by atoms with van der Waals surface area (Å²) in [5.74, 6) is -0.953. The van der Waals surface area contributed by atoms with Gasteiger partial charge in [-0.2, -0.15) is 0 Å². The lowest BCUT2D eigenvalue weighted by Crippen LogP contribution is -1.85. The minimum atomic E-state index is -2.93. The van der Waals surface area contributed by atoms with E-state index < -0.39 is 19.4 Å². The van der Waals surface area contributed by atoms with Crippen LogP contribution in [0.1, 0.15) is 13.7 Å². The maximum Gasteiger partial charge on any atom is 0.268 e. The van der Waals surface area contributed by atoms with Crippen molar-refractivity contribution < 1.29 is 16.7 Å². The monoisotopic (exact) mass is 93.1 g/mol. The lowest BCUT2D eigenvalue weighted by atomic mass is 10.8. The molecule has 36 valence electrons. The molecule has 0 radical (unpaired) electrons. The van der Waals surface area contributed by atoms with Crippen LogP contribution in [0.15, 0.2) is 12.5 Å². The summed E-state index contributed by atoms with van der Waals surface area (Å²) in [5, 5.41) is 8.34. The Hall–Kier alpha value is -0.660. The fourth-order valence-corrected chi connectivity index (χ4v) is 0.0589. The molecule has 2 nitrogen and oxygen atoms in total. The molecule has 0 saturated heterocycles. The molecule has 0 unspecified atom stereocenters. The minimum Gasteiger partial charge on any atom is -0.481 e. The normalized spacial score (nSPS) is 24.3. The van der Waals surface area contributed by atoms with Crippen LogP contribution in [0.25, 0.3) is 0 Å². The van der Waals surface area contributed by atoms with E-state index in [-0.39, 0.29) is 0 Å². The Morgan fingerprint density at radius 3 is 3.33 bits per heavy atom. The van der Waals surface area contributed by atoms with Gasteiger partial charge in [-0.05, 0) is 13.4 Å². The standard InChI is InChI=1S/C4H8O2/c1-3-6-4(2)5/h5H,2-3H2,1H3/i1D3,3D2. The van der Waals surface area contributed by atoms with E-state index in [9.17, 15) is 0 Å². The van der Waals surface area contributed by atoms with E-state index in [1.165, 1.54) is 0 Å². The Labute approximate surface area is 44.1 Å². The van der Waals surface area contributed by atoms with Gasteiger partial charge in [-0.3, -0.25) is 0 Å². The summed E-state index contributed by atoms with van der Waals surface area (Å²) >= 11 is 0. The highest BCUT2D eigenvalue weighted by molar-refractivity contribution is 4.60. The van der Waals surface area contributed by atoms with E-state index in [1.54, 1.807) is 0 Å². The molecule has 0 rings (SSSR count). The second kappa shape index (κ2) is 2.57. The van der Waals surface area contributed by atoms with Crippen molar-refractivity contribution in [2.45, 2.75) is 6.85 Å². The zero-order valence-corrected chi connectivity index (χ0v) is 3.06. The van der Waals surface area contributed by atoms with Gasteiger partial charge in [0.1, 0.15) is 0 Å². The van der Waals surface area contributed by atoms with Crippen molar-refractivity contribution in [3.05, 3.63) is 12.5 Å². The summed E-state index contributed by atoms with van der Waals surface area (Å²) in [6.45, 7) is -3.02. The molecule has 0 aromatic heterocycles. The largest absolute Gasteiger partial charge is 0.481 e. The van der Waals surface area contributed by atoms with Crippen molar-refractivity contribution in [1.29, 1.82) is 0 Å². The van der Waals surface area contributed by atoms with Crippen LogP contribution < -0.4 is 0 Å². The molecule has 1 N–H and O–H groups in total. The predicted molar refractivity (Wildman–Crippen MR) is 23.4 cm³/mol. The number of aliphatic hydroxyl groups is 1. The van der Waals surface area contributed by atoms with Gasteiger partial charge in [0.2, 0.25) is 0 Å². The molecule has 0 heterocycles. The Bertz CT molecular complexity index is 160. The molecule has 2 heteroatoms. The zero-order valence-electron chi connectivity index (χ0n) is 8.06. The summed E-state index contributed by atoms with van der Waals surface area (Å²) < 4.78 is 37.3. The van der Waals surface area contributed by atoms with E-state index in [4.69, 9.17) is 12.0 Å². The van der Waals surface area contributed by atoms with E-state index >= 15 is 0 Å². The van der Waals surface area contributed by atoms with Gasteiger partial charge >= 0.3 is 0 Å². The van der Waals surface area contributed by atoms with Crippen molar-refractivity contribution in [2.75, 3.05) is 6.56 Å². The molecule has 0 aliphatic heterocycles. The highest BCUT2D eigenvalue weighted by atomic mass is 16.6. The zero-order chi connectivity index (χ0) is 9.28. The molecule has 0 atom stereocenters. The van der Waals surface area contributed by atoms with Crippen LogP contribution in [0.5, 0.6) is 0 Å². The third-order valence-electron chi connectivity index (χ3n) is 0.169. The van der Waals surface area contributed by atoms with Gasteiger partial charge in [0, 0.05) is 4.11 Å². The predicted octanol–water partition coefficient (Wildman–Crippen LogP) is 1.05. The molecule has 0 spiro atoms. The summed E-state index contributed by atoms with van der Waals surface area (Å²) in [6, 6.07) is 0. The Balaban J connectivity index is 4.34. The number of hydrogen-bond donors (Lipinski definition) is 1. The van der Waals surface area contributed by atoms with Gasteiger partial charge in [0.15, 0.2) is 0 Å². The molecule has 0 fully saturated rings. The fourth-order valence-electron chi connectivity index (χ4n) is 0.0589. The summed E-state index contributed by atoms with van der Waals surface area (Å²) in [6.07, 6.45) is 0. The van der Waals surface area contributed by atoms with Crippen LogP contribution in [0.2, 0.25) is 0 Å². The molecule has 0 aromatic carbocycles. The topological polar surface area (TPSA) is 29.5 Å². The Morgan fingerprint density at radius 1 is 2.50 bits per heavy atom. The quantitative estimate of drug-likeness (QED) is 0.517. The van der Waals surface area contributed by atoms with Gasteiger partial charge in [-0.25, -0.2) is 0 Å². The van der Waals surface area contributed by atoms with Crippen LogP contribution in [-0.2, 0) is 4.74 Å².